The molecule has 0 saturated carbocycles. The van der Waals surface area contributed by atoms with E-state index in [1.807, 2.05) is 6.07 Å². The Labute approximate surface area is 99.4 Å². The second kappa shape index (κ2) is 3.33. The predicted octanol–water partition coefficient (Wildman–Crippen LogP) is 1.73. The molecule has 2 aliphatic rings. The van der Waals surface area contributed by atoms with Crippen LogP contribution in [0.1, 0.15) is 30.1 Å². The van der Waals surface area contributed by atoms with E-state index in [9.17, 15) is 4.39 Å². The molecule has 1 atom stereocenters. The van der Waals surface area contributed by atoms with Crippen molar-refractivity contribution in [1.82, 2.24) is 4.57 Å². The van der Waals surface area contributed by atoms with E-state index in [2.05, 4.69) is 9.88 Å². The third-order valence-electron chi connectivity index (χ3n) is 4.27. The van der Waals surface area contributed by atoms with Crippen molar-refractivity contribution >= 4 is 10.9 Å². The third kappa shape index (κ3) is 1.23. The van der Waals surface area contributed by atoms with E-state index in [0.717, 1.165) is 24.9 Å². The van der Waals surface area contributed by atoms with Crippen LogP contribution in [0.3, 0.4) is 0 Å². The molecular formula is C14H16FN2+. The van der Waals surface area contributed by atoms with Gasteiger partial charge in [-0.3, -0.25) is 0 Å². The first-order chi connectivity index (χ1) is 8.34. The number of rotatable bonds is 0. The van der Waals surface area contributed by atoms with E-state index in [1.54, 1.807) is 12.1 Å². The van der Waals surface area contributed by atoms with Crippen molar-refractivity contribution < 1.29 is 9.71 Å². The van der Waals surface area contributed by atoms with Gasteiger partial charge in [0, 0.05) is 17.3 Å². The molecule has 0 fully saturated rings. The fourth-order valence-corrected chi connectivity index (χ4v) is 3.61. The predicted molar refractivity (Wildman–Crippen MR) is 64.4 cm³/mol. The summed E-state index contributed by atoms with van der Waals surface area (Å²) in [7, 11) is 0. The summed E-state index contributed by atoms with van der Waals surface area (Å²) in [5.41, 5.74) is 4.12. The van der Waals surface area contributed by atoms with Crippen molar-refractivity contribution in [2.75, 3.05) is 6.54 Å². The van der Waals surface area contributed by atoms with Crippen molar-refractivity contribution in [1.29, 1.82) is 0 Å². The fourth-order valence-electron chi connectivity index (χ4n) is 3.61. The molecule has 0 saturated heterocycles. The van der Waals surface area contributed by atoms with Gasteiger partial charge in [0.25, 0.3) is 0 Å². The van der Waals surface area contributed by atoms with Gasteiger partial charge in [0.05, 0.1) is 18.8 Å². The van der Waals surface area contributed by atoms with Crippen LogP contribution >= 0.6 is 0 Å². The summed E-state index contributed by atoms with van der Waals surface area (Å²) in [5, 5.41) is 3.60. The fraction of sp³-hybridized carbons (Fsp3) is 0.429. The van der Waals surface area contributed by atoms with Crippen molar-refractivity contribution in [2.24, 2.45) is 0 Å². The Hall–Kier alpha value is -1.35. The van der Waals surface area contributed by atoms with Crippen LogP contribution in [0.4, 0.5) is 4.39 Å². The monoisotopic (exact) mass is 231 g/mol. The molecule has 0 unspecified atom stereocenters. The van der Waals surface area contributed by atoms with E-state index >= 15 is 0 Å². The minimum absolute atomic E-state index is 0.109. The highest BCUT2D eigenvalue weighted by Gasteiger charge is 2.32. The molecule has 1 aliphatic heterocycles. The van der Waals surface area contributed by atoms with Crippen LogP contribution in [0.25, 0.3) is 10.9 Å². The Balaban J connectivity index is 2.11. The number of aryl methyl sites for hydroxylation is 1. The van der Waals surface area contributed by atoms with E-state index in [4.69, 9.17) is 0 Å². The molecule has 0 amide bonds. The summed E-state index contributed by atoms with van der Waals surface area (Å²) in [6.45, 7) is 2.21. The van der Waals surface area contributed by atoms with Crippen LogP contribution in [0.15, 0.2) is 18.2 Å². The number of benzene rings is 1. The van der Waals surface area contributed by atoms with Crippen LogP contribution in [-0.2, 0) is 13.0 Å². The zero-order valence-electron chi connectivity index (χ0n) is 9.75. The highest BCUT2D eigenvalue weighted by molar-refractivity contribution is 5.86. The molecule has 0 radical (unpaired) electrons. The molecule has 4 rings (SSSR count). The smallest absolute Gasteiger partial charge is 0.127 e. The maximum Gasteiger partial charge on any atom is 0.127 e. The Bertz CT molecular complexity index is 598. The molecule has 3 heteroatoms. The third-order valence-corrected chi connectivity index (χ3v) is 4.27. The van der Waals surface area contributed by atoms with Gasteiger partial charge in [-0.2, -0.15) is 0 Å². The highest BCUT2D eigenvalue weighted by Crippen LogP contribution is 2.36. The average Bonchev–Trinajstić information content (AvgIpc) is 2.67. The van der Waals surface area contributed by atoms with E-state index in [-0.39, 0.29) is 5.82 Å². The Morgan fingerprint density at radius 3 is 3.24 bits per heavy atom. The highest BCUT2D eigenvalue weighted by atomic mass is 19.1. The summed E-state index contributed by atoms with van der Waals surface area (Å²) < 4.78 is 15.8. The van der Waals surface area contributed by atoms with Gasteiger partial charge < -0.3 is 9.88 Å². The van der Waals surface area contributed by atoms with Gasteiger partial charge in [-0.05, 0) is 36.6 Å². The Morgan fingerprint density at radius 1 is 1.35 bits per heavy atom. The van der Waals surface area contributed by atoms with Crippen molar-refractivity contribution in [3.05, 3.63) is 35.3 Å². The maximum absolute atomic E-state index is 13.4. The summed E-state index contributed by atoms with van der Waals surface area (Å²) in [5.74, 6) is -0.109. The first kappa shape index (κ1) is 9.66. The summed E-state index contributed by atoms with van der Waals surface area (Å²) in [6.07, 6.45) is 3.63. The van der Waals surface area contributed by atoms with Crippen molar-refractivity contribution in [3.63, 3.8) is 0 Å². The molecule has 2 N–H and O–H groups in total. The number of fused-ring (bicyclic) bond motifs is 3. The minimum atomic E-state index is -0.109. The van der Waals surface area contributed by atoms with Crippen LogP contribution in [0.2, 0.25) is 0 Å². The van der Waals surface area contributed by atoms with Crippen LogP contribution in [-0.4, -0.2) is 11.1 Å². The van der Waals surface area contributed by atoms with E-state index in [1.165, 1.54) is 29.6 Å². The normalized spacial score (nSPS) is 22.8. The van der Waals surface area contributed by atoms with Gasteiger partial charge in [-0.1, -0.05) is 0 Å². The van der Waals surface area contributed by atoms with Gasteiger partial charge in [0.2, 0.25) is 0 Å². The van der Waals surface area contributed by atoms with E-state index < -0.39 is 0 Å². The summed E-state index contributed by atoms with van der Waals surface area (Å²) >= 11 is 0. The number of halogens is 1. The Kier molecular flexibility index (Phi) is 1.89. The quantitative estimate of drug-likeness (QED) is 0.713. The number of aromatic nitrogens is 1. The number of hydrogen-bond acceptors (Lipinski definition) is 0. The molecule has 17 heavy (non-hydrogen) atoms. The lowest BCUT2D eigenvalue weighted by Gasteiger charge is -2.27. The van der Waals surface area contributed by atoms with Crippen molar-refractivity contribution in [2.45, 2.75) is 31.8 Å². The number of quaternary nitrogens is 1. The SMILES string of the molecule is Fc1ccc2c(c1)c1c3n2CC[NH2+][C@H]3CCC1. The molecule has 88 valence electrons. The minimum Gasteiger partial charge on any atom is -0.337 e. The first-order valence-corrected chi connectivity index (χ1v) is 6.48. The van der Waals surface area contributed by atoms with Crippen LogP contribution < -0.4 is 5.32 Å². The zero-order valence-corrected chi connectivity index (χ0v) is 9.75. The summed E-state index contributed by atoms with van der Waals surface area (Å²) in [6, 6.07) is 5.87. The second-order valence-corrected chi connectivity index (χ2v) is 5.20. The maximum atomic E-state index is 13.4. The van der Waals surface area contributed by atoms with Crippen LogP contribution in [0.5, 0.6) is 0 Å². The van der Waals surface area contributed by atoms with Gasteiger partial charge in [0.15, 0.2) is 0 Å². The van der Waals surface area contributed by atoms with E-state index in [0.29, 0.717) is 6.04 Å². The largest absolute Gasteiger partial charge is 0.337 e. The standard InChI is InChI=1S/C14H15FN2/c15-9-4-5-13-11(8-9)10-2-1-3-12-14(10)17(13)7-6-16-12/h4-5,8,12,16H,1-3,6-7H2/p+1/t12-/m0/s1. The molecule has 1 aliphatic carbocycles. The lowest BCUT2D eigenvalue weighted by atomic mass is 9.91. The molecular weight excluding hydrogens is 215 g/mol. The van der Waals surface area contributed by atoms with Gasteiger partial charge in [-0.15, -0.1) is 0 Å². The molecule has 1 aromatic carbocycles. The first-order valence-electron chi connectivity index (χ1n) is 6.48. The molecule has 2 aromatic rings. The molecule has 0 bridgehead atoms. The zero-order chi connectivity index (χ0) is 11.4. The van der Waals surface area contributed by atoms with Gasteiger partial charge in [0.1, 0.15) is 11.9 Å². The number of hydrogen-bond donors (Lipinski definition) is 1. The summed E-state index contributed by atoms with van der Waals surface area (Å²) in [4.78, 5) is 0. The van der Waals surface area contributed by atoms with Crippen molar-refractivity contribution in [3.8, 4) is 0 Å². The lowest BCUT2D eigenvalue weighted by Crippen LogP contribution is -2.88. The van der Waals surface area contributed by atoms with Gasteiger partial charge >= 0.3 is 0 Å². The second-order valence-electron chi connectivity index (χ2n) is 5.20. The number of nitrogens with zero attached hydrogens (tertiary/aromatic N) is 1. The van der Waals surface area contributed by atoms with Gasteiger partial charge in [-0.25, -0.2) is 4.39 Å². The molecule has 0 spiro atoms. The number of nitrogens with two attached hydrogens (primary N) is 1. The average molecular weight is 231 g/mol. The molecule has 1 aromatic heterocycles. The molecule has 2 heterocycles. The topological polar surface area (TPSA) is 21.5 Å². The molecule has 2 nitrogen and oxygen atoms in total. The Morgan fingerprint density at radius 2 is 2.29 bits per heavy atom. The lowest BCUT2D eigenvalue weighted by molar-refractivity contribution is -0.704. The van der Waals surface area contributed by atoms with Crippen LogP contribution in [0, 0.1) is 5.82 Å².